The van der Waals surface area contributed by atoms with E-state index in [9.17, 15) is 14.4 Å². The van der Waals surface area contributed by atoms with E-state index in [2.05, 4.69) is 79.7 Å². The van der Waals surface area contributed by atoms with Crippen molar-refractivity contribution in [1.82, 2.24) is 15.5 Å². The number of likely N-dealkylation sites (tertiary alicyclic amines) is 1. The Kier molecular flexibility index (Phi) is 10.5. The van der Waals surface area contributed by atoms with Gasteiger partial charge in [0.2, 0.25) is 5.91 Å². The van der Waals surface area contributed by atoms with Crippen LogP contribution in [0.3, 0.4) is 0 Å². The Morgan fingerprint density at radius 3 is 2.14 bits per heavy atom. The standard InChI is InChI=1S/C34H45Br2N3O5/c1-21-18-23(36)20-26-28(21)24-12-11-22(35)19-25(24)34(26)13-16-39(17-14-34)29(40)27(38-31(42)44-33(5,6)7)10-8-9-15-37-30(41)43-32(2,3)4/h11-12,18-20,27H,8-10,13-17H2,1-7H3,(H,37,41)(H,38,42). The molecule has 240 valence electrons. The molecule has 2 N–H and O–H groups in total. The van der Waals surface area contributed by atoms with Crippen molar-refractivity contribution >= 4 is 50.0 Å². The summed E-state index contributed by atoms with van der Waals surface area (Å²) in [6, 6.07) is 10.2. The summed E-state index contributed by atoms with van der Waals surface area (Å²) in [7, 11) is 0. The third-order valence-corrected chi connectivity index (χ3v) is 9.04. The van der Waals surface area contributed by atoms with Crippen molar-refractivity contribution in [3.63, 3.8) is 0 Å². The van der Waals surface area contributed by atoms with Crippen LogP contribution in [0.1, 0.15) is 90.3 Å². The molecule has 3 amide bonds. The molecule has 1 saturated heterocycles. The molecule has 1 spiro atoms. The van der Waals surface area contributed by atoms with Gasteiger partial charge in [-0.3, -0.25) is 4.79 Å². The first-order valence-corrected chi connectivity index (χ1v) is 16.9. The molecule has 1 fully saturated rings. The Morgan fingerprint density at radius 2 is 1.50 bits per heavy atom. The minimum absolute atomic E-state index is 0.107. The van der Waals surface area contributed by atoms with Gasteiger partial charge in [-0.1, -0.05) is 37.9 Å². The number of rotatable bonds is 7. The number of benzene rings is 2. The second-order valence-corrected chi connectivity index (χ2v) is 15.7. The molecule has 1 unspecified atom stereocenters. The number of hydrogen-bond donors (Lipinski definition) is 2. The van der Waals surface area contributed by atoms with E-state index in [0.717, 1.165) is 21.8 Å². The van der Waals surface area contributed by atoms with Gasteiger partial charge in [-0.2, -0.15) is 0 Å². The number of aryl methyl sites for hydroxylation is 1. The van der Waals surface area contributed by atoms with Crippen LogP contribution in [0.4, 0.5) is 9.59 Å². The Morgan fingerprint density at radius 1 is 0.886 bits per heavy atom. The smallest absolute Gasteiger partial charge is 0.408 e. The normalized spacial score (nSPS) is 16.2. The molecule has 2 aromatic carbocycles. The van der Waals surface area contributed by atoms with Gasteiger partial charge >= 0.3 is 12.2 Å². The predicted molar refractivity (Wildman–Crippen MR) is 180 cm³/mol. The highest BCUT2D eigenvalue weighted by atomic mass is 79.9. The number of hydrogen-bond acceptors (Lipinski definition) is 5. The number of nitrogens with zero attached hydrogens (tertiary/aromatic N) is 1. The minimum Gasteiger partial charge on any atom is -0.444 e. The van der Waals surface area contributed by atoms with Crippen molar-refractivity contribution in [2.75, 3.05) is 19.6 Å². The number of nitrogens with one attached hydrogen (secondary N) is 2. The van der Waals surface area contributed by atoms with E-state index >= 15 is 0 Å². The number of ether oxygens (including phenoxy) is 2. The molecule has 1 heterocycles. The average Bonchev–Trinajstić information content (AvgIpc) is 3.14. The number of amides is 3. The molecule has 10 heteroatoms. The molecule has 0 bridgehead atoms. The topological polar surface area (TPSA) is 97.0 Å². The highest BCUT2D eigenvalue weighted by molar-refractivity contribution is 9.10. The summed E-state index contributed by atoms with van der Waals surface area (Å²) in [4.78, 5) is 40.6. The van der Waals surface area contributed by atoms with Gasteiger partial charge in [0.25, 0.3) is 0 Å². The van der Waals surface area contributed by atoms with Crippen LogP contribution >= 0.6 is 31.9 Å². The SMILES string of the molecule is Cc1cc(Br)cc2c1-c1ccc(Br)cc1C21CCN(C(=O)C(CCCCNC(=O)OC(C)(C)C)NC(=O)OC(C)(C)C)CC1. The quantitative estimate of drug-likeness (QED) is 0.281. The second-order valence-electron chi connectivity index (χ2n) is 13.9. The Labute approximate surface area is 278 Å². The first-order chi connectivity index (χ1) is 20.5. The van der Waals surface area contributed by atoms with Gasteiger partial charge in [0, 0.05) is 34.0 Å². The van der Waals surface area contributed by atoms with Gasteiger partial charge in [0.15, 0.2) is 0 Å². The highest BCUT2D eigenvalue weighted by Gasteiger charge is 2.47. The lowest BCUT2D eigenvalue weighted by Gasteiger charge is -2.42. The molecule has 2 aromatic rings. The van der Waals surface area contributed by atoms with E-state index in [4.69, 9.17) is 9.47 Å². The molecule has 4 rings (SSSR count). The molecule has 0 radical (unpaired) electrons. The first-order valence-electron chi connectivity index (χ1n) is 15.4. The maximum Gasteiger partial charge on any atom is 0.408 e. The third-order valence-electron chi connectivity index (χ3n) is 8.09. The van der Waals surface area contributed by atoms with Crippen LogP contribution in [0, 0.1) is 6.92 Å². The highest BCUT2D eigenvalue weighted by Crippen LogP contribution is 2.56. The number of fused-ring (bicyclic) bond motifs is 5. The Balaban J connectivity index is 1.47. The number of carbonyl (C=O) groups is 3. The van der Waals surface area contributed by atoms with E-state index in [1.807, 2.05) is 25.7 Å². The van der Waals surface area contributed by atoms with Gasteiger partial charge in [-0.15, -0.1) is 0 Å². The van der Waals surface area contributed by atoms with Gasteiger partial charge in [0.05, 0.1) is 0 Å². The largest absolute Gasteiger partial charge is 0.444 e. The molecule has 8 nitrogen and oxygen atoms in total. The fraction of sp³-hybridized carbons (Fsp3) is 0.559. The number of piperidine rings is 1. The predicted octanol–water partition coefficient (Wildman–Crippen LogP) is 8.00. The lowest BCUT2D eigenvalue weighted by molar-refractivity contribution is -0.135. The van der Waals surface area contributed by atoms with E-state index in [-0.39, 0.29) is 11.3 Å². The number of halogens is 2. The lowest BCUT2D eigenvalue weighted by atomic mass is 9.70. The number of carbonyl (C=O) groups excluding carboxylic acids is 3. The average molecular weight is 736 g/mol. The summed E-state index contributed by atoms with van der Waals surface area (Å²) in [6.07, 6.45) is 2.18. The molecule has 0 aromatic heterocycles. The van der Waals surface area contributed by atoms with Crippen LogP contribution in [-0.4, -0.2) is 59.9 Å². The molecule has 1 aliphatic heterocycles. The summed E-state index contributed by atoms with van der Waals surface area (Å²) in [5.74, 6) is -0.107. The van der Waals surface area contributed by atoms with Gasteiger partial charge in [-0.05, 0) is 133 Å². The summed E-state index contributed by atoms with van der Waals surface area (Å²) in [5.41, 5.74) is 4.95. The first kappa shape index (κ1) is 34.3. The van der Waals surface area contributed by atoms with Crippen LogP contribution in [0.2, 0.25) is 0 Å². The number of unbranched alkanes of at least 4 members (excludes halogenated alkanes) is 1. The van der Waals surface area contributed by atoms with Crippen LogP contribution in [0.15, 0.2) is 39.3 Å². The van der Waals surface area contributed by atoms with Crippen molar-refractivity contribution in [1.29, 1.82) is 0 Å². The molecular weight excluding hydrogens is 690 g/mol. The molecule has 1 aliphatic carbocycles. The van der Waals surface area contributed by atoms with Gasteiger partial charge in [-0.25, -0.2) is 9.59 Å². The Bertz CT molecular complexity index is 1400. The minimum atomic E-state index is -0.728. The van der Waals surface area contributed by atoms with Crippen molar-refractivity contribution in [2.24, 2.45) is 0 Å². The van der Waals surface area contributed by atoms with E-state index in [0.29, 0.717) is 38.9 Å². The van der Waals surface area contributed by atoms with Crippen LogP contribution in [0.25, 0.3) is 11.1 Å². The summed E-state index contributed by atoms with van der Waals surface area (Å²) in [6.45, 7) is 14.6. The van der Waals surface area contributed by atoms with Crippen molar-refractivity contribution in [3.05, 3.63) is 56.0 Å². The maximum atomic E-state index is 13.9. The van der Waals surface area contributed by atoms with Crippen molar-refractivity contribution in [3.8, 4) is 11.1 Å². The van der Waals surface area contributed by atoms with Crippen LogP contribution in [-0.2, 0) is 19.7 Å². The molecule has 2 aliphatic rings. The third kappa shape index (κ3) is 8.16. The van der Waals surface area contributed by atoms with E-state index < -0.39 is 29.4 Å². The molecule has 44 heavy (non-hydrogen) atoms. The zero-order valence-electron chi connectivity index (χ0n) is 26.9. The fourth-order valence-corrected chi connectivity index (χ4v) is 7.24. The second kappa shape index (κ2) is 13.4. The van der Waals surface area contributed by atoms with Crippen LogP contribution < -0.4 is 10.6 Å². The summed E-state index contributed by atoms with van der Waals surface area (Å²) < 4.78 is 12.9. The van der Waals surface area contributed by atoms with Gasteiger partial charge < -0.3 is 25.0 Å². The molecular formula is C34H45Br2N3O5. The zero-order valence-corrected chi connectivity index (χ0v) is 30.0. The summed E-state index contributed by atoms with van der Waals surface area (Å²) in [5, 5.41) is 5.60. The van der Waals surface area contributed by atoms with E-state index in [1.165, 1.54) is 27.8 Å². The summed E-state index contributed by atoms with van der Waals surface area (Å²) >= 11 is 7.41. The van der Waals surface area contributed by atoms with Crippen molar-refractivity contribution in [2.45, 2.75) is 103 Å². The van der Waals surface area contributed by atoms with Crippen molar-refractivity contribution < 1.29 is 23.9 Å². The Hall–Kier alpha value is -2.59. The molecule has 1 atom stereocenters. The maximum absolute atomic E-state index is 13.9. The van der Waals surface area contributed by atoms with Gasteiger partial charge in [0.1, 0.15) is 17.2 Å². The molecule has 0 saturated carbocycles. The number of alkyl carbamates (subject to hydrolysis) is 2. The fourth-order valence-electron chi connectivity index (χ4n) is 6.31. The van der Waals surface area contributed by atoms with Crippen LogP contribution in [0.5, 0.6) is 0 Å². The van der Waals surface area contributed by atoms with E-state index in [1.54, 1.807) is 20.8 Å². The lowest BCUT2D eigenvalue weighted by Crippen LogP contribution is -2.53. The monoisotopic (exact) mass is 733 g/mol. The zero-order chi connectivity index (χ0) is 32.4.